The average molecular weight is 338 g/mol. The summed E-state index contributed by atoms with van der Waals surface area (Å²) in [6, 6.07) is 2.44. The molecule has 6 nitrogen and oxygen atoms in total. The first-order valence-electron chi connectivity index (χ1n) is 6.36. The highest BCUT2D eigenvalue weighted by atomic mass is 32.2. The minimum atomic E-state index is -4.07. The van der Waals surface area contributed by atoms with Gasteiger partial charge in [0.1, 0.15) is 10.7 Å². The van der Waals surface area contributed by atoms with Crippen LogP contribution >= 0.6 is 0 Å². The Hall–Kier alpha value is -1.03. The normalized spacial score (nSPS) is 12.8. The fraction of sp³-hybridized carbons (Fsp3) is 0.500. The van der Waals surface area contributed by atoms with Crippen LogP contribution in [-0.2, 0) is 20.0 Å². The maximum atomic E-state index is 13.8. The highest BCUT2D eigenvalue weighted by Gasteiger charge is 2.20. The van der Waals surface area contributed by atoms with Crippen LogP contribution in [0.4, 0.5) is 4.39 Å². The van der Waals surface area contributed by atoms with Crippen molar-refractivity contribution in [2.45, 2.75) is 36.5 Å². The third-order valence-electron chi connectivity index (χ3n) is 2.77. The molecule has 21 heavy (non-hydrogen) atoms. The molecule has 0 aliphatic heterocycles. The van der Waals surface area contributed by atoms with Crippen molar-refractivity contribution in [2.75, 3.05) is 6.54 Å². The Kier molecular flexibility index (Phi) is 5.85. The van der Waals surface area contributed by atoms with E-state index in [9.17, 15) is 21.2 Å². The van der Waals surface area contributed by atoms with Gasteiger partial charge in [0.15, 0.2) is 0 Å². The average Bonchev–Trinajstić information content (AvgIpc) is 2.33. The highest BCUT2D eigenvalue weighted by molar-refractivity contribution is 7.89. The van der Waals surface area contributed by atoms with E-state index in [1.54, 1.807) is 0 Å². The van der Waals surface area contributed by atoms with Crippen molar-refractivity contribution < 1.29 is 21.2 Å². The molecule has 0 aliphatic carbocycles. The molecule has 0 saturated carbocycles. The van der Waals surface area contributed by atoms with Gasteiger partial charge < -0.3 is 0 Å². The Morgan fingerprint density at radius 3 is 2.33 bits per heavy atom. The summed E-state index contributed by atoms with van der Waals surface area (Å²) in [5.74, 6) is -0.710. The van der Waals surface area contributed by atoms with Crippen molar-refractivity contribution in [3.8, 4) is 0 Å². The molecule has 0 heterocycles. The molecular weight excluding hydrogens is 319 g/mol. The quantitative estimate of drug-likeness (QED) is 0.728. The molecule has 1 rings (SSSR count). The van der Waals surface area contributed by atoms with Crippen LogP contribution in [0.25, 0.3) is 0 Å². The topological polar surface area (TPSA) is 106 Å². The Morgan fingerprint density at radius 2 is 1.86 bits per heavy atom. The molecule has 120 valence electrons. The fourth-order valence-corrected chi connectivity index (χ4v) is 3.33. The summed E-state index contributed by atoms with van der Waals surface area (Å²) in [5, 5.41) is 4.85. The van der Waals surface area contributed by atoms with Crippen molar-refractivity contribution in [3.63, 3.8) is 0 Å². The molecule has 0 radical (unpaired) electrons. The van der Waals surface area contributed by atoms with Crippen molar-refractivity contribution in [2.24, 2.45) is 11.1 Å². The van der Waals surface area contributed by atoms with E-state index in [1.807, 2.05) is 13.8 Å². The van der Waals surface area contributed by atoms with Crippen molar-refractivity contribution >= 4 is 20.0 Å². The van der Waals surface area contributed by atoms with E-state index in [2.05, 4.69) is 4.72 Å². The lowest BCUT2D eigenvalue weighted by molar-refractivity contribution is 0.532. The van der Waals surface area contributed by atoms with Gasteiger partial charge >= 0.3 is 0 Å². The first-order chi connectivity index (χ1) is 9.54. The van der Waals surface area contributed by atoms with Crippen LogP contribution in [-0.4, -0.2) is 23.4 Å². The van der Waals surface area contributed by atoms with E-state index < -0.39 is 35.7 Å². The number of sulfonamides is 2. The number of nitrogens with two attached hydrogens (primary N) is 1. The van der Waals surface area contributed by atoms with Crippen molar-refractivity contribution in [3.05, 3.63) is 24.0 Å². The van der Waals surface area contributed by atoms with E-state index >= 15 is 0 Å². The fourth-order valence-electron chi connectivity index (χ4n) is 1.67. The number of halogens is 1. The van der Waals surface area contributed by atoms with Crippen LogP contribution in [0.2, 0.25) is 0 Å². The van der Waals surface area contributed by atoms with E-state index in [0.29, 0.717) is 18.4 Å². The molecule has 1 aromatic rings. The maximum absolute atomic E-state index is 13.8. The van der Waals surface area contributed by atoms with Crippen LogP contribution in [0.5, 0.6) is 0 Å². The first kappa shape index (κ1) is 18.0. The number of primary sulfonamides is 1. The molecule has 0 amide bonds. The number of benzene rings is 1. The van der Waals surface area contributed by atoms with E-state index in [-0.39, 0.29) is 6.54 Å². The van der Waals surface area contributed by atoms with Gasteiger partial charge in [-0.3, -0.25) is 0 Å². The SMILES string of the molecule is CC(C)CCCNS(=O)(=O)c1ccc(S(N)(=O)=O)cc1F. The molecular formula is C12H19FN2O4S2. The summed E-state index contributed by atoms with van der Waals surface area (Å²) in [6.45, 7) is 4.22. The molecule has 0 aliphatic rings. The molecule has 0 unspecified atom stereocenters. The summed E-state index contributed by atoms with van der Waals surface area (Å²) in [5.41, 5.74) is 0. The Labute approximate surface area is 124 Å². The third-order valence-corrected chi connectivity index (χ3v) is 5.18. The second-order valence-corrected chi connectivity index (χ2v) is 8.37. The molecule has 0 bridgehead atoms. The molecule has 0 atom stereocenters. The van der Waals surface area contributed by atoms with Gasteiger partial charge in [0.25, 0.3) is 0 Å². The molecule has 0 fully saturated rings. The lowest BCUT2D eigenvalue weighted by Crippen LogP contribution is -2.26. The molecule has 3 N–H and O–H groups in total. The van der Waals surface area contributed by atoms with Gasteiger partial charge in [-0.05, 0) is 37.0 Å². The van der Waals surface area contributed by atoms with Crippen molar-refractivity contribution in [1.29, 1.82) is 0 Å². The highest BCUT2D eigenvalue weighted by Crippen LogP contribution is 2.18. The van der Waals surface area contributed by atoms with E-state index in [1.165, 1.54) is 0 Å². The Balaban J connectivity index is 2.89. The van der Waals surface area contributed by atoms with Gasteiger partial charge in [-0.1, -0.05) is 13.8 Å². The minimum absolute atomic E-state index is 0.191. The second kappa shape index (κ2) is 6.82. The van der Waals surface area contributed by atoms with Crippen LogP contribution < -0.4 is 9.86 Å². The number of hydrogen-bond donors (Lipinski definition) is 2. The molecule has 0 spiro atoms. The van der Waals surface area contributed by atoms with Gasteiger partial charge in [0.2, 0.25) is 20.0 Å². The van der Waals surface area contributed by atoms with Crippen LogP contribution in [0.1, 0.15) is 26.7 Å². The predicted molar refractivity (Wildman–Crippen MR) is 77.0 cm³/mol. The summed E-state index contributed by atoms with van der Waals surface area (Å²) >= 11 is 0. The molecule has 0 aromatic heterocycles. The lowest BCUT2D eigenvalue weighted by Gasteiger charge is -2.09. The summed E-state index contributed by atoms with van der Waals surface area (Å²) in [7, 11) is -8.09. The lowest BCUT2D eigenvalue weighted by atomic mass is 10.1. The summed E-state index contributed by atoms with van der Waals surface area (Å²) in [4.78, 5) is -1.07. The predicted octanol–water partition coefficient (Wildman–Crippen LogP) is 1.19. The Morgan fingerprint density at radius 1 is 1.24 bits per heavy atom. The van der Waals surface area contributed by atoms with Gasteiger partial charge in [-0.15, -0.1) is 0 Å². The first-order valence-corrected chi connectivity index (χ1v) is 9.39. The monoisotopic (exact) mass is 338 g/mol. The van der Waals surface area contributed by atoms with Crippen LogP contribution in [0, 0.1) is 11.7 Å². The Bertz CT molecular complexity index is 700. The second-order valence-electron chi connectivity index (χ2n) is 5.07. The van der Waals surface area contributed by atoms with Crippen LogP contribution in [0.3, 0.4) is 0 Å². The summed E-state index contributed by atoms with van der Waals surface area (Å²) < 4.78 is 62.0. The van der Waals surface area contributed by atoms with Gasteiger partial charge in [-0.25, -0.2) is 31.1 Å². The third kappa shape index (κ3) is 5.34. The molecule has 9 heteroatoms. The number of hydrogen-bond acceptors (Lipinski definition) is 4. The zero-order valence-corrected chi connectivity index (χ0v) is 13.5. The van der Waals surface area contributed by atoms with Crippen molar-refractivity contribution in [1.82, 2.24) is 4.72 Å². The molecule has 0 saturated heterocycles. The maximum Gasteiger partial charge on any atom is 0.243 e. The van der Waals surface area contributed by atoms with Gasteiger partial charge in [0.05, 0.1) is 4.90 Å². The smallest absolute Gasteiger partial charge is 0.225 e. The number of nitrogens with one attached hydrogen (secondary N) is 1. The van der Waals surface area contributed by atoms with Gasteiger partial charge in [-0.2, -0.15) is 0 Å². The number of rotatable bonds is 7. The van der Waals surface area contributed by atoms with Gasteiger partial charge in [0, 0.05) is 6.54 Å². The van der Waals surface area contributed by atoms with E-state index in [0.717, 1.165) is 18.6 Å². The molecule has 1 aromatic carbocycles. The minimum Gasteiger partial charge on any atom is -0.225 e. The largest absolute Gasteiger partial charge is 0.243 e. The van der Waals surface area contributed by atoms with E-state index in [4.69, 9.17) is 5.14 Å². The standard InChI is InChI=1S/C12H19FN2O4S2/c1-9(2)4-3-7-15-21(18,19)12-6-5-10(8-11(12)13)20(14,16)17/h5-6,8-9,15H,3-4,7H2,1-2H3,(H2,14,16,17). The van der Waals surface area contributed by atoms with Crippen LogP contribution in [0.15, 0.2) is 28.0 Å². The summed E-state index contributed by atoms with van der Waals surface area (Å²) in [6.07, 6.45) is 1.48. The zero-order chi connectivity index (χ0) is 16.3. The zero-order valence-electron chi connectivity index (χ0n) is 11.8.